The Balaban J connectivity index is 1.96. The Kier molecular flexibility index (Phi) is 4.77. The molecule has 0 bridgehead atoms. The van der Waals surface area contributed by atoms with Crippen molar-refractivity contribution in [2.24, 2.45) is 5.92 Å². The molecule has 1 saturated heterocycles. The van der Waals surface area contributed by atoms with Crippen molar-refractivity contribution >= 4 is 11.6 Å². The van der Waals surface area contributed by atoms with Crippen LogP contribution >= 0.6 is 0 Å². The summed E-state index contributed by atoms with van der Waals surface area (Å²) in [5, 5.41) is 2.61. The molecule has 2 rings (SSSR count). The SMILES string of the molecule is CC(C)N1CCC(CNC(=O)c2c(F)ccc(N)c2F)C1. The maximum absolute atomic E-state index is 13.7. The molecular weight excluding hydrogens is 276 g/mol. The van der Waals surface area contributed by atoms with E-state index in [0.717, 1.165) is 31.6 Å². The lowest BCUT2D eigenvalue weighted by atomic mass is 10.1. The molecule has 4 nitrogen and oxygen atoms in total. The number of nitrogens with zero attached hydrogens (tertiary/aromatic N) is 1. The number of nitrogens with one attached hydrogen (secondary N) is 1. The summed E-state index contributed by atoms with van der Waals surface area (Å²) in [4.78, 5) is 14.3. The van der Waals surface area contributed by atoms with E-state index < -0.39 is 23.1 Å². The van der Waals surface area contributed by atoms with Crippen LogP contribution in [0, 0.1) is 17.6 Å². The molecule has 0 saturated carbocycles. The predicted octanol–water partition coefficient (Wildman–Crippen LogP) is 2.01. The minimum absolute atomic E-state index is 0.228. The number of halogens is 2. The Bertz CT molecular complexity index is 534. The Hall–Kier alpha value is -1.69. The van der Waals surface area contributed by atoms with Crippen LogP contribution in [-0.2, 0) is 0 Å². The molecule has 21 heavy (non-hydrogen) atoms. The van der Waals surface area contributed by atoms with Crippen LogP contribution in [0.5, 0.6) is 0 Å². The molecule has 1 aromatic carbocycles. The molecular formula is C15H21F2N3O. The normalized spacial score (nSPS) is 19.2. The smallest absolute Gasteiger partial charge is 0.257 e. The molecule has 1 fully saturated rings. The fourth-order valence-corrected chi connectivity index (χ4v) is 2.60. The second kappa shape index (κ2) is 6.39. The van der Waals surface area contributed by atoms with Crippen LogP contribution in [-0.4, -0.2) is 36.5 Å². The van der Waals surface area contributed by atoms with E-state index in [4.69, 9.17) is 5.73 Å². The summed E-state index contributed by atoms with van der Waals surface area (Å²) in [6.45, 7) is 6.53. The second-order valence-electron chi connectivity index (χ2n) is 5.78. The molecule has 3 N–H and O–H groups in total. The lowest BCUT2D eigenvalue weighted by molar-refractivity contribution is 0.0939. The fraction of sp³-hybridized carbons (Fsp3) is 0.533. The molecule has 0 radical (unpaired) electrons. The van der Waals surface area contributed by atoms with Crippen LogP contribution in [0.25, 0.3) is 0 Å². The van der Waals surface area contributed by atoms with Crippen molar-refractivity contribution in [3.8, 4) is 0 Å². The topological polar surface area (TPSA) is 58.4 Å². The van der Waals surface area contributed by atoms with E-state index in [1.54, 1.807) is 0 Å². The average Bonchev–Trinajstić information content (AvgIpc) is 2.90. The van der Waals surface area contributed by atoms with Crippen molar-refractivity contribution in [1.29, 1.82) is 0 Å². The summed E-state index contributed by atoms with van der Waals surface area (Å²) in [5.74, 6) is -2.33. The lowest BCUT2D eigenvalue weighted by Crippen LogP contribution is -2.33. The molecule has 1 atom stereocenters. The molecule has 0 aliphatic carbocycles. The lowest BCUT2D eigenvalue weighted by Gasteiger charge is -2.20. The van der Waals surface area contributed by atoms with Gasteiger partial charge in [0.2, 0.25) is 0 Å². The van der Waals surface area contributed by atoms with E-state index in [9.17, 15) is 13.6 Å². The Morgan fingerprint density at radius 1 is 1.48 bits per heavy atom. The number of carbonyl (C=O) groups is 1. The molecule has 6 heteroatoms. The number of nitrogens with two attached hydrogens (primary N) is 1. The van der Waals surface area contributed by atoms with Gasteiger partial charge >= 0.3 is 0 Å². The van der Waals surface area contributed by atoms with E-state index in [2.05, 4.69) is 24.1 Å². The van der Waals surface area contributed by atoms with E-state index in [1.165, 1.54) is 0 Å². The molecule has 0 aromatic heterocycles. The van der Waals surface area contributed by atoms with Gasteiger partial charge in [-0.15, -0.1) is 0 Å². The molecule has 1 aliphatic heterocycles. The van der Waals surface area contributed by atoms with Gasteiger partial charge < -0.3 is 16.0 Å². The summed E-state index contributed by atoms with van der Waals surface area (Å²) in [7, 11) is 0. The van der Waals surface area contributed by atoms with E-state index >= 15 is 0 Å². The highest BCUT2D eigenvalue weighted by Crippen LogP contribution is 2.20. The first-order chi connectivity index (χ1) is 9.90. The average molecular weight is 297 g/mol. The third-order valence-electron chi connectivity index (χ3n) is 3.95. The fourth-order valence-electron chi connectivity index (χ4n) is 2.60. The first-order valence-electron chi connectivity index (χ1n) is 7.16. The Labute approximate surface area is 123 Å². The van der Waals surface area contributed by atoms with Gasteiger partial charge in [0.05, 0.1) is 5.69 Å². The zero-order valence-electron chi connectivity index (χ0n) is 12.3. The molecule has 1 unspecified atom stereocenters. The van der Waals surface area contributed by atoms with E-state index in [0.29, 0.717) is 18.5 Å². The van der Waals surface area contributed by atoms with E-state index in [-0.39, 0.29) is 5.69 Å². The largest absolute Gasteiger partial charge is 0.396 e. The molecule has 1 aliphatic rings. The van der Waals surface area contributed by atoms with Crippen molar-refractivity contribution in [2.45, 2.75) is 26.3 Å². The molecule has 1 aromatic rings. The van der Waals surface area contributed by atoms with Gasteiger partial charge in [-0.2, -0.15) is 0 Å². The van der Waals surface area contributed by atoms with Crippen molar-refractivity contribution in [2.75, 3.05) is 25.4 Å². The highest BCUT2D eigenvalue weighted by molar-refractivity contribution is 5.95. The van der Waals surface area contributed by atoms with Crippen LogP contribution in [0.1, 0.15) is 30.6 Å². The number of hydrogen-bond donors (Lipinski definition) is 2. The predicted molar refractivity (Wildman–Crippen MR) is 77.9 cm³/mol. The van der Waals surface area contributed by atoms with Gasteiger partial charge in [0.1, 0.15) is 11.4 Å². The summed E-state index contributed by atoms with van der Waals surface area (Å²) >= 11 is 0. The number of anilines is 1. The summed E-state index contributed by atoms with van der Waals surface area (Å²) in [6.07, 6.45) is 0.973. The number of amides is 1. The van der Waals surface area contributed by atoms with Crippen molar-refractivity contribution in [3.63, 3.8) is 0 Å². The van der Waals surface area contributed by atoms with Gasteiger partial charge in [-0.3, -0.25) is 4.79 Å². The number of benzene rings is 1. The third kappa shape index (κ3) is 3.50. The maximum Gasteiger partial charge on any atom is 0.257 e. The van der Waals surface area contributed by atoms with Crippen molar-refractivity contribution in [1.82, 2.24) is 10.2 Å². The van der Waals surface area contributed by atoms with Gasteiger partial charge in [-0.25, -0.2) is 8.78 Å². The molecule has 1 amide bonds. The number of hydrogen-bond acceptors (Lipinski definition) is 3. The minimum Gasteiger partial charge on any atom is -0.396 e. The second-order valence-corrected chi connectivity index (χ2v) is 5.78. The van der Waals surface area contributed by atoms with Crippen LogP contribution in [0.2, 0.25) is 0 Å². The van der Waals surface area contributed by atoms with Crippen molar-refractivity contribution < 1.29 is 13.6 Å². The standard InChI is InChI=1S/C15H21F2N3O/c1-9(2)20-6-5-10(8-20)7-19-15(21)13-11(16)3-4-12(18)14(13)17/h3-4,9-10H,5-8,18H2,1-2H3,(H,19,21). The first kappa shape index (κ1) is 15.7. The zero-order chi connectivity index (χ0) is 15.6. The van der Waals surface area contributed by atoms with Crippen LogP contribution in [0.15, 0.2) is 12.1 Å². The van der Waals surface area contributed by atoms with E-state index in [1.807, 2.05) is 0 Å². The molecule has 1 heterocycles. The first-order valence-corrected chi connectivity index (χ1v) is 7.16. The maximum atomic E-state index is 13.7. The number of likely N-dealkylation sites (tertiary alicyclic amines) is 1. The van der Waals surface area contributed by atoms with Crippen LogP contribution < -0.4 is 11.1 Å². The molecule has 0 spiro atoms. The monoisotopic (exact) mass is 297 g/mol. The van der Waals surface area contributed by atoms with Gasteiger partial charge in [0, 0.05) is 19.1 Å². The summed E-state index contributed by atoms with van der Waals surface area (Å²) in [6, 6.07) is 2.58. The Morgan fingerprint density at radius 3 is 2.81 bits per heavy atom. The third-order valence-corrected chi connectivity index (χ3v) is 3.95. The summed E-state index contributed by atoms with van der Waals surface area (Å²) in [5.41, 5.74) is 4.54. The summed E-state index contributed by atoms with van der Waals surface area (Å²) < 4.78 is 27.3. The minimum atomic E-state index is -0.997. The quantitative estimate of drug-likeness (QED) is 0.836. The highest BCUT2D eigenvalue weighted by Gasteiger charge is 2.26. The molecule has 116 valence electrons. The van der Waals surface area contributed by atoms with Gasteiger partial charge in [0.25, 0.3) is 5.91 Å². The highest BCUT2D eigenvalue weighted by atomic mass is 19.1. The Morgan fingerprint density at radius 2 is 2.19 bits per heavy atom. The van der Waals surface area contributed by atoms with Gasteiger partial charge in [0.15, 0.2) is 5.82 Å². The zero-order valence-corrected chi connectivity index (χ0v) is 12.3. The number of rotatable bonds is 4. The van der Waals surface area contributed by atoms with Gasteiger partial charge in [-0.1, -0.05) is 0 Å². The van der Waals surface area contributed by atoms with Crippen LogP contribution in [0.3, 0.4) is 0 Å². The number of carbonyl (C=O) groups excluding carboxylic acids is 1. The van der Waals surface area contributed by atoms with Gasteiger partial charge in [-0.05, 0) is 44.9 Å². The number of nitrogen functional groups attached to an aromatic ring is 1. The van der Waals surface area contributed by atoms with Crippen LogP contribution in [0.4, 0.5) is 14.5 Å². The van der Waals surface area contributed by atoms with Crippen molar-refractivity contribution in [3.05, 3.63) is 29.3 Å².